The minimum atomic E-state index is -3.62. The van der Waals surface area contributed by atoms with Gasteiger partial charge in [0, 0.05) is 30.6 Å². The highest BCUT2D eigenvalue weighted by Gasteiger charge is 2.39. The summed E-state index contributed by atoms with van der Waals surface area (Å²) in [5.41, 5.74) is 6.93. The Morgan fingerprint density at radius 3 is 2.15 bits per heavy atom. The third kappa shape index (κ3) is 8.44. The molecule has 7 rings (SSSR count). The summed E-state index contributed by atoms with van der Waals surface area (Å²) in [7, 11) is -1.46. The third-order valence-corrected chi connectivity index (χ3v) is 11.9. The second-order valence-electron chi connectivity index (χ2n) is 14.0. The van der Waals surface area contributed by atoms with Crippen molar-refractivity contribution in [3.63, 3.8) is 0 Å². The van der Waals surface area contributed by atoms with Gasteiger partial charge < -0.3 is 14.6 Å². The number of hydrogen-bond acceptors (Lipinski definition) is 6. The molecule has 0 saturated carbocycles. The summed E-state index contributed by atoms with van der Waals surface area (Å²) in [6.45, 7) is 5.31. The summed E-state index contributed by atoms with van der Waals surface area (Å²) >= 11 is 0. The fraction of sp³-hybridized carbons (Fsp3) is 0.244. The lowest BCUT2D eigenvalue weighted by Gasteiger charge is -2.43. The van der Waals surface area contributed by atoms with Gasteiger partial charge >= 0.3 is 0 Å². The van der Waals surface area contributed by atoms with Crippen LogP contribution in [0.2, 0.25) is 0 Å². The van der Waals surface area contributed by atoms with E-state index in [0.717, 1.165) is 33.4 Å². The standard InChI is InChI=1S/C45H46N2O5S/c1-31-43(29-47(3)32(2)39-25-22-35-11-7-8-12-41(35)27-39)51-45(52-44(31)37-18-16-33(30-48)17-19-37)38-23-20-36(21-24-38)40-13-9-10-34(26-40)28-46-53(49,50)42-14-5-4-6-15-42/h4-27,31-32,43-46,48H,28-30H2,1-3H3. The molecule has 53 heavy (non-hydrogen) atoms. The Morgan fingerprint density at radius 2 is 1.42 bits per heavy atom. The average Bonchev–Trinajstić information content (AvgIpc) is 3.21. The van der Waals surface area contributed by atoms with Gasteiger partial charge in [-0.25, -0.2) is 13.1 Å². The molecule has 1 heterocycles. The van der Waals surface area contributed by atoms with E-state index in [4.69, 9.17) is 9.47 Å². The SMILES string of the molecule is CC1C(CN(C)C(C)c2ccc3ccccc3c2)OC(c2ccc(-c3cccc(CNS(=O)(=O)c4ccccc4)c3)cc2)OC1c1ccc(CO)cc1. The van der Waals surface area contributed by atoms with Gasteiger partial charge in [0.05, 0.1) is 23.7 Å². The van der Waals surface area contributed by atoms with Gasteiger partial charge in [-0.3, -0.25) is 4.90 Å². The fourth-order valence-electron chi connectivity index (χ4n) is 7.05. The average molecular weight is 727 g/mol. The third-order valence-electron chi connectivity index (χ3n) is 10.5. The number of nitrogens with zero attached hydrogens (tertiary/aromatic N) is 1. The molecule has 0 aliphatic carbocycles. The van der Waals surface area contributed by atoms with Crippen LogP contribution in [-0.4, -0.2) is 38.1 Å². The van der Waals surface area contributed by atoms with E-state index in [2.05, 4.69) is 85.1 Å². The van der Waals surface area contributed by atoms with Crippen molar-refractivity contribution in [3.8, 4) is 11.1 Å². The molecular weight excluding hydrogens is 681 g/mol. The zero-order valence-corrected chi connectivity index (χ0v) is 31.1. The predicted octanol–water partition coefficient (Wildman–Crippen LogP) is 8.96. The first-order chi connectivity index (χ1) is 25.7. The Morgan fingerprint density at radius 1 is 0.717 bits per heavy atom. The molecule has 1 fully saturated rings. The summed E-state index contributed by atoms with van der Waals surface area (Å²) in [5.74, 6) is 0.0545. The normalized spacial score (nSPS) is 19.7. The lowest BCUT2D eigenvalue weighted by atomic mass is 9.89. The molecule has 5 unspecified atom stereocenters. The Kier molecular flexibility index (Phi) is 11.2. The van der Waals surface area contributed by atoms with Crippen molar-refractivity contribution in [2.45, 2.75) is 56.4 Å². The molecule has 8 heteroatoms. The molecule has 0 aromatic heterocycles. The monoisotopic (exact) mass is 726 g/mol. The molecule has 1 aliphatic rings. The number of aliphatic hydroxyl groups excluding tert-OH is 1. The Labute approximate surface area is 312 Å². The number of ether oxygens (including phenoxy) is 2. The number of rotatable bonds is 12. The van der Waals surface area contributed by atoms with Crippen LogP contribution in [0, 0.1) is 5.92 Å². The van der Waals surface area contributed by atoms with Gasteiger partial charge in [0.15, 0.2) is 6.29 Å². The van der Waals surface area contributed by atoms with Crippen molar-refractivity contribution < 1.29 is 23.0 Å². The molecule has 272 valence electrons. The van der Waals surface area contributed by atoms with Gasteiger partial charge in [-0.2, -0.15) is 0 Å². The number of likely N-dealkylation sites (N-methyl/N-ethyl adjacent to an activating group) is 1. The zero-order chi connectivity index (χ0) is 37.0. The number of nitrogens with one attached hydrogen (secondary N) is 1. The van der Waals surface area contributed by atoms with Crippen LogP contribution in [0.1, 0.15) is 60.1 Å². The highest BCUT2D eigenvalue weighted by atomic mass is 32.2. The van der Waals surface area contributed by atoms with Crippen LogP contribution in [0.15, 0.2) is 150 Å². The van der Waals surface area contributed by atoms with Crippen molar-refractivity contribution in [1.82, 2.24) is 9.62 Å². The van der Waals surface area contributed by atoms with Crippen LogP contribution in [0.4, 0.5) is 0 Å². The van der Waals surface area contributed by atoms with E-state index in [1.807, 2.05) is 60.7 Å². The lowest BCUT2D eigenvalue weighted by Crippen LogP contribution is -2.44. The quantitative estimate of drug-likeness (QED) is 0.131. The number of sulfonamides is 1. The molecule has 0 bridgehead atoms. The maximum Gasteiger partial charge on any atom is 0.240 e. The molecule has 2 N–H and O–H groups in total. The van der Waals surface area contributed by atoms with Crippen LogP contribution >= 0.6 is 0 Å². The molecule has 0 radical (unpaired) electrons. The largest absolute Gasteiger partial charge is 0.392 e. The molecule has 5 atom stereocenters. The van der Waals surface area contributed by atoms with Crippen molar-refractivity contribution in [2.75, 3.05) is 13.6 Å². The summed E-state index contributed by atoms with van der Waals surface area (Å²) in [5, 5.41) is 12.1. The van der Waals surface area contributed by atoms with Gasteiger partial charge in [0.2, 0.25) is 10.0 Å². The van der Waals surface area contributed by atoms with Gasteiger partial charge in [0.25, 0.3) is 0 Å². The first-order valence-corrected chi connectivity index (χ1v) is 19.6. The van der Waals surface area contributed by atoms with E-state index in [9.17, 15) is 13.5 Å². The summed E-state index contributed by atoms with van der Waals surface area (Å²) in [6, 6.07) is 47.8. The highest BCUT2D eigenvalue weighted by Crippen LogP contribution is 2.42. The molecule has 0 spiro atoms. The number of aliphatic hydroxyl groups is 1. The second kappa shape index (κ2) is 16.1. The molecule has 6 aromatic rings. The highest BCUT2D eigenvalue weighted by molar-refractivity contribution is 7.89. The number of hydrogen-bond donors (Lipinski definition) is 2. The summed E-state index contributed by atoms with van der Waals surface area (Å²) in [6.07, 6.45) is -0.928. The van der Waals surface area contributed by atoms with Crippen molar-refractivity contribution in [2.24, 2.45) is 5.92 Å². The topological polar surface area (TPSA) is 88.1 Å². The van der Waals surface area contributed by atoms with E-state index in [1.165, 1.54) is 16.3 Å². The smallest absolute Gasteiger partial charge is 0.240 e. The van der Waals surface area contributed by atoms with Gasteiger partial charge in [-0.05, 0) is 82.4 Å². The van der Waals surface area contributed by atoms with Crippen LogP contribution < -0.4 is 4.72 Å². The van der Waals surface area contributed by atoms with Crippen LogP contribution in [0.3, 0.4) is 0 Å². The molecule has 1 saturated heterocycles. The zero-order valence-electron chi connectivity index (χ0n) is 30.3. The van der Waals surface area contributed by atoms with Gasteiger partial charge in [-0.15, -0.1) is 0 Å². The minimum absolute atomic E-state index is 0.00820. The van der Waals surface area contributed by atoms with Crippen LogP contribution in [0.5, 0.6) is 0 Å². The van der Waals surface area contributed by atoms with E-state index in [-0.39, 0.29) is 42.2 Å². The fourth-order valence-corrected chi connectivity index (χ4v) is 8.09. The first-order valence-electron chi connectivity index (χ1n) is 18.1. The maximum atomic E-state index is 12.8. The summed E-state index contributed by atoms with van der Waals surface area (Å²) < 4.78 is 41.8. The van der Waals surface area contributed by atoms with Crippen molar-refractivity contribution >= 4 is 20.8 Å². The van der Waals surface area contributed by atoms with Gasteiger partial charge in [0.1, 0.15) is 0 Å². The number of benzene rings is 6. The van der Waals surface area contributed by atoms with Crippen LogP contribution in [0.25, 0.3) is 21.9 Å². The van der Waals surface area contributed by atoms with Crippen molar-refractivity contribution in [1.29, 1.82) is 0 Å². The molecule has 1 aliphatic heterocycles. The molecule has 0 amide bonds. The Balaban J connectivity index is 1.09. The first kappa shape index (κ1) is 36.7. The summed E-state index contributed by atoms with van der Waals surface area (Å²) in [4.78, 5) is 2.60. The van der Waals surface area contributed by atoms with E-state index in [0.29, 0.717) is 6.54 Å². The minimum Gasteiger partial charge on any atom is -0.392 e. The van der Waals surface area contributed by atoms with E-state index in [1.54, 1.807) is 30.3 Å². The predicted molar refractivity (Wildman–Crippen MR) is 210 cm³/mol. The number of fused-ring (bicyclic) bond motifs is 1. The Bertz CT molecular complexity index is 2240. The van der Waals surface area contributed by atoms with E-state index < -0.39 is 16.3 Å². The van der Waals surface area contributed by atoms with E-state index >= 15 is 0 Å². The molecule has 7 nitrogen and oxygen atoms in total. The lowest BCUT2D eigenvalue weighted by molar-refractivity contribution is -0.276. The van der Waals surface area contributed by atoms with Crippen LogP contribution in [-0.2, 0) is 32.6 Å². The van der Waals surface area contributed by atoms with Crippen molar-refractivity contribution in [3.05, 3.63) is 173 Å². The van der Waals surface area contributed by atoms with Gasteiger partial charge in [-0.1, -0.05) is 128 Å². The maximum absolute atomic E-state index is 12.8. The molecule has 6 aromatic carbocycles. The molecular formula is C45H46N2O5S. The Hall–Kier alpha value is -4.67. The second-order valence-corrected chi connectivity index (χ2v) is 15.8.